The molecule has 0 spiro atoms. The number of methoxy groups -OCH3 is 1. The molecule has 0 unspecified atom stereocenters. The Balaban J connectivity index is 1.50. The lowest BCUT2D eigenvalue weighted by molar-refractivity contribution is -0.120. The predicted octanol–water partition coefficient (Wildman–Crippen LogP) is 6.86. The lowest BCUT2D eigenvalue weighted by atomic mass is 9.65. The summed E-state index contributed by atoms with van der Waals surface area (Å²) >= 11 is 2.11. The van der Waals surface area contributed by atoms with Crippen molar-refractivity contribution in [2.24, 2.45) is 10.8 Å². The zero-order valence-corrected chi connectivity index (χ0v) is 25.9. The minimum absolute atomic E-state index is 0.0165. The molecule has 7 nitrogen and oxygen atoms in total. The Hall–Kier alpha value is -3.21. The van der Waals surface area contributed by atoms with Crippen LogP contribution in [0.5, 0.6) is 11.5 Å². The molecule has 3 aliphatic rings. The van der Waals surface area contributed by atoms with Crippen molar-refractivity contribution in [2.75, 3.05) is 19.0 Å². The Kier molecular flexibility index (Phi) is 7.78. The van der Waals surface area contributed by atoms with Crippen LogP contribution in [-0.2, 0) is 19.1 Å². The number of nitrogens with one attached hydrogen (secondary N) is 1. The fourth-order valence-corrected chi connectivity index (χ4v) is 6.70. The highest BCUT2D eigenvalue weighted by atomic mass is 127. The lowest BCUT2D eigenvalue weighted by Crippen LogP contribution is -2.37. The first-order valence-electron chi connectivity index (χ1n) is 13.5. The van der Waals surface area contributed by atoms with E-state index in [1.165, 1.54) is 31.4 Å². The third-order valence-corrected chi connectivity index (χ3v) is 8.44. The number of hydrogen-bond donors (Lipinski definition) is 1. The quantitative estimate of drug-likeness (QED) is 0.338. The summed E-state index contributed by atoms with van der Waals surface area (Å²) in [5.41, 5.74) is 1.78. The van der Waals surface area contributed by atoms with Crippen LogP contribution in [0, 0.1) is 20.2 Å². The van der Waals surface area contributed by atoms with Crippen molar-refractivity contribution >= 4 is 45.8 Å². The van der Waals surface area contributed by atoms with E-state index in [1.54, 1.807) is 6.07 Å². The van der Waals surface area contributed by atoms with Crippen LogP contribution in [0.25, 0.3) is 0 Å². The lowest BCUT2D eigenvalue weighted by Gasteiger charge is -2.42. The van der Waals surface area contributed by atoms with Crippen LogP contribution in [0.2, 0.25) is 0 Å². The highest BCUT2D eigenvalue weighted by molar-refractivity contribution is 14.1. The number of hydrogen-bond acceptors (Lipinski definition) is 6. The number of amides is 1. The molecule has 2 aromatic carbocycles. The summed E-state index contributed by atoms with van der Waals surface area (Å²) in [5, 5.41) is 2.67. The van der Waals surface area contributed by atoms with E-state index in [0.29, 0.717) is 69.1 Å². The molecule has 41 heavy (non-hydrogen) atoms. The molecule has 1 amide bonds. The largest absolute Gasteiger partial charge is 0.493 e. The first-order chi connectivity index (χ1) is 19.3. The molecule has 2 aromatic rings. The summed E-state index contributed by atoms with van der Waals surface area (Å²) in [6.07, 6.45) is 1.95. The molecule has 0 atom stereocenters. The number of halogens is 2. The molecule has 0 saturated heterocycles. The van der Waals surface area contributed by atoms with Crippen molar-refractivity contribution < 1.29 is 33.0 Å². The Bertz CT molecular complexity index is 1450. The second-order valence-corrected chi connectivity index (χ2v) is 13.6. The van der Waals surface area contributed by atoms with Gasteiger partial charge in [0.1, 0.15) is 17.3 Å². The van der Waals surface area contributed by atoms with Crippen LogP contribution in [0.1, 0.15) is 64.9 Å². The third-order valence-electron chi connectivity index (χ3n) is 7.64. The van der Waals surface area contributed by atoms with E-state index in [4.69, 9.17) is 14.2 Å². The average molecular weight is 674 g/mol. The molecule has 1 heterocycles. The first-order valence-corrected chi connectivity index (χ1v) is 14.6. The number of ether oxygens (including phenoxy) is 3. The molecule has 9 heteroatoms. The van der Waals surface area contributed by atoms with Gasteiger partial charge in [-0.2, -0.15) is 0 Å². The maximum atomic E-state index is 13.6. The van der Waals surface area contributed by atoms with Gasteiger partial charge in [0, 0.05) is 48.4 Å². The van der Waals surface area contributed by atoms with Crippen LogP contribution in [0.15, 0.2) is 59.1 Å². The van der Waals surface area contributed by atoms with E-state index in [-0.39, 0.29) is 29.0 Å². The number of benzene rings is 2. The van der Waals surface area contributed by atoms with Gasteiger partial charge < -0.3 is 19.5 Å². The second-order valence-electron chi connectivity index (χ2n) is 12.5. The first kappa shape index (κ1) is 29.3. The summed E-state index contributed by atoms with van der Waals surface area (Å²) in [6, 6.07) is 9.10. The molecule has 216 valence electrons. The standard InChI is InChI=1S/C32H33FINO6/c1-31(2)12-21(36)28-24(14-31)41-25-15-32(3,4)13-22(37)29(25)27(28)17-10-20(34)30(23(11-17)39-5)40-16-26(38)35-19-8-6-18(33)7-9-19/h6-11,27H,12-16H2,1-5H3,(H,35,38). The summed E-state index contributed by atoms with van der Waals surface area (Å²) in [4.78, 5) is 39.7. The van der Waals surface area contributed by atoms with Crippen LogP contribution in [-0.4, -0.2) is 31.2 Å². The van der Waals surface area contributed by atoms with Gasteiger partial charge in [0.2, 0.25) is 0 Å². The van der Waals surface area contributed by atoms with Crippen LogP contribution in [0.4, 0.5) is 10.1 Å². The molecule has 0 fully saturated rings. The molecule has 0 aromatic heterocycles. The van der Waals surface area contributed by atoms with Gasteiger partial charge in [-0.25, -0.2) is 4.39 Å². The van der Waals surface area contributed by atoms with Gasteiger partial charge in [0.25, 0.3) is 5.91 Å². The predicted molar refractivity (Wildman–Crippen MR) is 160 cm³/mol. The van der Waals surface area contributed by atoms with E-state index in [9.17, 15) is 18.8 Å². The highest BCUT2D eigenvalue weighted by Gasteiger charge is 2.48. The molecule has 5 rings (SSSR count). The number of carbonyl (C=O) groups excluding carboxylic acids is 3. The van der Waals surface area contributed by atoms with Crippen molar-refractivity contribution in [2.45, 2.75) is 59.3 Å². The number of allylic oxidation sites excluding steroid dienone is 4. The summed E-state index contributed by atoms with van der Waals surface area (Å²) < 4.78 is 31.8. The average Bonchev–Trinajstić information content (AvgIpc) is 2.86. The summed E-state index contributed by atoms with van der Waals surface area (Å²) in [6.45, 7) is 7.91. The molecule has 0 bridgehead atoms. The molecule has 2 aliphatic carbocycles. The summed E-state index contributed by atoms with van der Waals surface area (Å²) in [7, 11) is 1.50. The maximum Gasteiger partial charge on any atom is 0.262 e. The summed E-state index contributed by atoms with van der Waals surface area (Å²) in [5.74, 6) is 0.621. The Morgan fingerprint density at radius 3 is 2.07 bits per heavy atom. The molecule has 0 radical (unpaired) electrons. The number of carbonyl (C=O) groups is 3. The Morgan fingerprint density at radius 2 is 1.54 bits per heavy atom. The zero-order valence-electron chi connectivity index (χ0n) is 23.8. The van der Waals surface area contributed by atoms with Gasteiger partial charge in [0.15, 0.2) is 29.7 Å². The van der Waals surface area contributed by atoms with Crippen molar-refractivity contribution in [1.82, 2.24) is 0 Å². The van der Waals surface area contributed by atoms with Crippen molar-refractivity contribution in [3.8, 4) is 11.5 Å². The third kappa shape index (κ3) is 6.05. The molecule has 1 N–H and O–H groups in total. The minimum Gasteiger partial charge on any atom is -0.493 e. The minimum atomic E-state index is -0.570. The van der Waals surface area contributed by atoms with E-state index < -0.39 is 17.6 Å². The van der Waals surface area contributed by atoms with Gasteiger partial charge in [-0.1, -0.05) is 27.7 Å². The zero-order chi connectivity index (χ0) is 29.7. The van der Waals surface area contributed by atoms with Gasteiger partial charge in [-0.3, -0.25) is 14.4 Å². The van der Waals surface area contributed by atoms with Crippen molar-refractivity contribution in [1.29, 1.82) is 0 Å². The van der Waals surface area contributed by atoms with Gasteiger partial charge in [-0.05, 0) is 75.4 Å². The molecule has 1 aliphatic heterocycles. The number of rotatable bonds is 6. The van der Waals surface area contributed by atoms with Crippen LogP contribution in [0.3, 0.4) is 0 Å². The van der Waals surface area contributed by atoms with E-state index in [2.05, 4.69) is 55.6 Å². The second kappa shape index (κ2) is 10.9. The molecule has 0 saturated carbocycles. The van der Waals surface area contributed by atoms with Gasteiger partial charge >= 0.3 is 0 Å². The van der Waals surface area contributed by atoms with Gasteiger partial charge in [0.05, 0.1) is 10.7 Å². The SMILES string of the molecule is COc1cc(C2C3=C(CC(C)(C)CC3=O)OC3=C2C(=O)CC(C)(C)C3)cc(I)c1OCC(=O)Nc1ccc(F)cc1. The van der Waals surface area contributed by atoms with Gasteiger partial charge in [-0.15, -0.1) is 0 Å². The fourth-order valence-electron chi connectivity index (χ4n) is 5.92. The van der Waals surface area contributed by atoms with Crippen LogP contribution < -0.4 is 14.8 Å². The molecular formula is C32H33FINO6. The fraction of sp³-hybridized carbons (Fsp3) is 0.406. The number of Topliss-reactive ketones (excluding diaryl/α,β-unsaturated/α-hetero) is 2. The maximum absolute atomic E-state index is 13.6. The van der Waals surface area contributed by atoms with E-state index in [1.807, 2.05) is 6.07 Å². The normalized spacial score (nSPS) is 19.8. The number of anilines is 1. The van der Waals surface area contributed by atoms with Crippen LogP contribution >= 0.6 is 22.6 Å². The highest BCUT2D eigenvalue weighted by Crippen LogP contribution is 2.54. The van der Waals surface area contributed by atoms with Crippen molar-refractivity contribution in [3.63, 3.8) is 0 Å². The number of ketones is 2. The monoisotopic (exact) mass is 673 g/mol. The van der Waals surface area contributed by atoms with E-state index in [0.717, 1.165) is 5.56 Å². The Labute approximate surface area is 252 Å². The Morgan fingerprint density at radius 1 is 0.976 bits per heavy atom. The van der Waals surface area contributed by atoms with E-state index >= 15 is 0 Å². The smallest absolute Gasteiger partial charge is 0.262 e. The molecular weight excluding hydrogens is 640 g/mol. The van der Waals surface area contributed by atoms with Crippen molar-refractivity contribution in [3.05, 3.63) is 74.0 Å². The topological polar surface area (TPSA) is 90.9 Å².